The molecule has 0 radical (unpaired) electrons. The molecule has 1 atom stereocenters. The number of halogens is 1. The highest BCUT2D eigenvalue weighted by Gasteiger charge is 2.30. The molecule has 1 aromatic rings. The first-order valence-corrected chi connectivity index (χ1v) is 6.20. The van der Waals surface area contributed by atoms with E-state index in [1.165, 1.54) is 0 Å². The van der Waals surface area contributed by atoms with Crippen LogP contribution >= 0.6 is 11.6 Å². The van der Waals surface area contributed by atoms with Crippen molar-refractivity contribution in [3.63, 3.8) is 0 Å². The number of carbonyl (C=O) groups is 1. The molecule has 3 nitrogen and oxygen atoms in total. The van der Waals surface area contributed by atoms with Crippen LogP contribution in [0.2, 0.25) is 0 Å². The van der Waals surface area contributed by atoms with Crippen LogP contribution in [0.5, 0.6) is 5.75 Å². The molecule has 1 fully saturated rings. The molecule has 1 aliphatic rings. The lowest BCUT2D eigenvalue weighted by Crippen LogP contribution is -2.24. The second kappa shape index (κ2) is 4.96. The molecule has 1 aliphatic heterocycles. The molecule has 2 rings (SSSR count). The third-order valence-electron chi connectivity index (χ3n) is 3.11. The highest BCUT2D eigenvalue weighted by atomic mass is 35.5. The maximum atomic E-state index is 11.8. The maximum Gasteiger partial charge on any atom is 0.227 e. The predicted octanol–water partition coefficient (Wildman–Crippen LogP) is 2.60. The van der Waals surface area contributed by atoms with Crippen LogP contribution in [0.1, 0.15) is 12.0 Å². The molecule has 0 N–H and O–H groups in total. The van der Waals surface area contributed by atoms with Gasteiger partial charge < -0.3 is 9.64 Å². The second-order valence-electron chi connectivity index (χ2n) is 4.38. The summed E-state index contributed by atoms with van der Waals surface area (Å²) in [5.74, 6) is 1.80. The lowest BCUT2D eigenvalue weighted by molar-refractivity contribution is -0.117. The van der Waals surface area contributed by atoms with Gasteiger partial charge in [0.25, 0.3) is 0 Å². The lowest BCUT2D eigenvalue weighted by atomic mass is 10.1. The molecule has 0 aliphatic carbocycles. The van der Waals surface area contributed by atoms with E-state index in [0.29, 0.717) is 18.8 Å². The van der Waals surface area contributed by atoms with Crippen molar-refractivity contribution >= 4 is 23.2 Å². The van der Waals surface area contributed by atoms with E-state index in [1.807, 2.05) is 25.1 Å². The van der Waals surface area contributed by atoms with Gasteiger partial charge in [-0.15, -0.1) is 11.6 Å². The van der Waals surface area contributed by atoms with Gasteiger partial charge in [0.1, 0.15) is 5.75 Å². The average molecular weight is 254 g/mol. The molecule has 92 valence electrons. The molecule has 1 unspecified atom stereocenters. The summed E-state index contributed by atoms with van der Waals surface area (Å²) in [5.41, 5.74) is 1.97. The van der Waals surface area contributed by atoms with E-state index in [0.717, 1.165) is 17.0 Å². The Morgan fingerprint density at radius 2 is 2.29 bits per heavy atom. The fourth-order valence-electron chi connectivity index (χ4n) is 2.16. The van der Waals surface area contributed by atoms with Crippen molar-refractivity contribution in [1.82, 2.24) is 0 Å². The van der Waals surface area contributed by atoms with Crippen LogP contribution in [0, 0.1) is 12.8 Å². The molecule has 0 spiro atoms. The molecule has 1 amide bonds. The van der Waals surface area contributed by atoms with E-state index in [9.17, 15) is 4.79 Å². The number of anilines is 1. The number of alkyl halides is 1. The van der Waals surface area contributed by atoms with Crippen molar-refractivity contribution < 1.29 is 9.53 Å². The summed E-state index contributed by atoms with van der Waals surface area (Å²) >= 11 is 5.81. The Kier molecular flexibility index (Phi) is 3.57. The first-order valence-electron chi connectivity index (χ1n) is 5.66. The number of hydrogen-bond donors (Lipinski definition) is 0. The Balaban J connectivity index is 2.23. The molecule has 1 heterocycles. The van der Waals surface area contributed by atoms with Crippen molar-refractivity contribution in [2.45, 2.75) is 13.3 Å². The SMILES string of the molecule is COc1ccc(N2CC(CCl)CC2=O)cc1C. The highest BCUT2D eigenvalue weighted by Crippen LogP contribution is 2.29. The van der Waals surface area contributed by atoms with Gasteiger partial charge in [-0.25, -0.2) is 0 Å². The summed E-state index contributed by atoms with van der Waals surface area (Å²) in [6.07, 6.45) is 0.550. The van der Waals surface area contributed by atoms with Gasteiger partial charge in [-0.3, -0.25) is 4.79 Å². The van der Waals surface area contributed by atoms with E-state index in [4.69, 9.17) is 16.3 Å². The largest absolute Gasteiger partial charge is 0.496 e. The molecule has 1 aromatic carbocycles. The average Bonchev–Trinajstić information content (AvgIpc) is 2.70. The van der Waals surface area contributed by atoms with Crippen molar-refractivity contribution in [2.75, 3.05) is 24.4 Å². The van der Waals surface area contributed by atoms with Crippen LogP contribution in [0.25, 0.3) is 0 Å². The van der Waals surface area contributed by atoms with E-state index in [1.54, 1.807) is 12.0 Å². The van der Waals surface area contributed by atoms with Crippen molar-refractivity contribution in [2.24, 2.45) is 5.92 Å². The summed E-state index contributed by atoms with van der Waals surface area (Å²) in [6, 6.07) is 5.79. The van der Waals surface area contributed by atoms with Crippen LogP contribution in [0.15, 0.2) is 18.2 Å². The molecule has 0 aromatic heterocycles. The predicted molar refractivity (Wildman–Crippen MR) is 68.9 cm³/mol. The molecule has 0 saturated carbocycles. The Bertz CT molecular complexity index is 433. The number of ether oxygens (including phenoxy) is 1. The zero-order chi connectivity index (χ0) is 12.4. The second-order valence-corrected chi connectivity index (χ2v) is 4.69. The number of amides is 1. The number of rotatable bonds is 3. The topological polar surface area (TPSA) is 29.5 Å². The molecule has 1 saturated heterocycles. The Hall–Kier alpha value is -1.22. The van der Waals surface area contributed by atoms with Crippen molar-refractivity contribution in [3.8, 4) is 5.75 Å². The van der Waals surface area contributed by atoms with E-state index in [2.05, 4.69) is 0 Å². The van der Waals surface area contributed by atoms with Crippen molar-refractivity contribution in [3.05, 3.63) is 23.8 Å². The Morgan fingerprint density at radius 3 is 2.82 bits per heavy atom. The number of hydrogen-bond acceptors (Lipinski definition) is 2. The zero-order valence-electron chi connectivity index (χ0n) is 10.1. The van der Waals surface area contributed by atoms with Crippen molar-refractivity contribution in [1.29, 1.82) is 0 Å². The highest BCUT2D eigenvalue weighted by molar-refractivity contribution is 6.18. The molecule has 4 heteroatoms. The summed E-state index contributed by atoms with van der Waals surface area (Å²) in [4.78, 5) is 13.7. The number of methoxy groups -OCH3 is 1. The minimum Gasteiger partial charge on any atom is -0.496 e. The molecular formula is C13H16ClNO2. The standard InChI is InChI=1S/C13H16ClNO2/c1-9-5-11(3-4-12(9)17-2)15-8-10(7-14)6-13(15)16/h3-5,10H,6-8H2,1-2H3. The van der Waals surface area contributed by atoms with Crippen LogP contribution in [-0.4, -0.2) is 25.4 Å². The Morgan fingerprint density at radius 1 is 1.53 bits per heavy atom. The summed E-state index contributed by atoms with van der Waals surface area (Å²) in [5, 5.41) is 0. The quantitative estimate of drug-likeness (QED) is 0.775. The maximum absolute atomic E-state index is 11.8. The van der Waals surface area contributed by atoms with Gasteiger partial charge in [0.2, 0.25) is 5.91 Å². The third kappa shape index (κ3) is 2.39. The monoisotopic (exact) mass is 253 g/mol. The summed E-state index contributed by atoms with van der Waals surface area (Å²) < 4.78 is 5.21. The minimum atomic E-state index is 0.153. The Labute approximate surface area is 106 Å². The number of benzene rings is 1. The smallest absolute Gasteiger partial charge is 0.227 e. The van der Waals surface area contributed by atoms with Crippen LogP contribution in [-0.2, 0) is 4.79 Å². The summed E-state index contributed by atoms with van der Waals surface area (Å²) in [7, 11) is 1.65. The zero-order valence-corrected chi connectivity index (χ0v) is 10.8. The fourth-order valence-corrected chi connectivity index (χ4v) is 2.37. The van der Waals surface area contributed by atoms with Gasteiger partial charge >= 0.3 is 0 Å². The van der Waals surface area contributed by atoms with Crippen LogP contribution in [0.4, 0.5) is 5.69 Å². The van der Waals surface area contributed by atoms with Crippen LogP contribution < -0.4 is 9.64 Å². The molecular weight excluding hydrogens is 238 g/mol. The number of nitrogens with zero attached hydrogens (tertiary/aromatic N) is 1. The number of aryl methyl sites for hydroxylation is 1. The van der Waals surface area contributed by atoms with E-state index in [-0.39, 0.29) is 11.8 Å². The fraction of sp³-hybridized carbons (Fsp3) is 0.462. The third-order valence-corrected chi connectivity index (χ3v) is 3.55. The first kappa shape index (κ1) is 12.2. The van der Waals surface area contributed by atoms with Gasteiger partial charge in [0, 0.05) is 24.5 Å². The minimum absolute atomic E-state index is 0.153. The lowest BCUT2D eigenvalue weighted by Gasteiger charge is -2.18. The van der Waals surface area contributed by atoms with Gasteiger partial charge in [-0.2, -0.15) is 0 Å². The number of carbonyl (C=O) groups excluding carboxylic acids is 1. The van der Waals surface area contributed by atoms with E-state index < -0.39 is 0 Å². The summed E-state index contributed by atoms with van der Waals surface area (Å²) in [6.45, 7) is 2.69. The van der Waals surface area contributed by atoms with Gasteiger partial charge in [0.05, 0.1) is 7.11 Å². The van der Waals surface area contributed by atoms with E-state index >= 15 is 0 Å². The van der Waals surface area contributed by atoms with Crippen LogP contribution in [0.3, 0.4) is 0 Å². The van der Waals surface area contributed by atoms with Gasteiger partial charge in [0.15, 0.2) is 0 Å². The first-order chi connectivity index (χ1) is 8.15. The normalized spacial score (nSPS) is 19.8. The van der Waals surface area contributed by atoms with Gasteiger partial charge in [-0.05, 0) is 36.6 Å². The van der Waals surface area contributed by atoms with Gasteiger partial charge in [-0.1, -0.05) is 0 Å². The molecule has 0 bridgehead atoms. The molecule has 17 heavy (non-hydrogen) atoms.